The Bertz CT molecular complexity index is 1090. The average molecular weight is 508 g/mol. The number of pyridine rings is 1. The van der Waals surface area contributed by atoms with Crippen LogP contribution in [0.15, 0.2) is 48.7 Å². The molecule has 1 aliphatic rings. The van der Waals surface area contributed by atoms with Crippen molar-refractivity contribution in [3.63, 3.8) is 0 Å². The number of anilines is 1. The van der Waals surface area contributed by atoms with Crippen LogP contribution in [0.2, 0.25) is 0 Å². The van der Waals surface area contributed by atoms with Crippen LogP contribution < -0.4 is 15.0 Å². The Labute approximate surface area is 206 Å². The van der Waals surface area contributed by atoms with E-state index in [0.29, 0.717) is 42.9 Å². The van der Waals surface area contributed by atoms with Crippen molar-refractivity contribution in [2.24, 2.45) is 0 Å². The number of halogens is 3. The number of alkyl halides is 3. The molecule has 1 aromatic carbocycles. The van der Waals surface area contributed by atoms with Gasteiger partial charge in [0, 0.05) is 18.8 Å². The fourth-order valence-electron chi connectivity index (χ4n) is 3.97. The summed E-state index contributed by atoms with van der Waals surface area (Å²) in [5.74, 6) is -1.13. The standard InChI is InChI=1S/C25H28F3N3O5/c1-23(2,3)36-22(34)31(20-10-6-18(15-30-20)7-11-21(32)33)24(12-13-29-16-24)14-17-4-8-19(9-5-17)35-25(26,27)28/h4-11,15,29H,12-14,16H2,1-3H3,(H,32,33)/b11-7+/t24-/m0/s1. The molecule has 1 aliphatic heterocycles. The van der Waals surface area contributed by atoms with Gasteiger partial charge in [0.05, 0.1) is 5.54 Å². The van der Waals surface area contributed by atoms with Crippen molar-refractivity contribution < 1.29 is 37.3 Å². The van der Waals surface area contributed by atoms with Crippen molar-refractivity contribution >= 4 is 24.0 Å². The molecule has 3 rings (SSSR count). The Kier molecular flexibility index (Phi) is 7.92. The number of hydrogen-bond acceptors (Lipinski definition) is 6. The van der Waals surface area contributed by atoms with Crippen LogP contribution in [0.25, 0.3) is 6.08 Å². The molecule has 0 radical (unpaired) electrons. The van der Waals surface area contributed by atoms with Crippen molar-refractivity contribution in [3.8, 4) is 5.75 Å². The minimum atomic E-state index is -4.79. The number of carbonyl (C=O) groups excluding carboxylic acids is 1. The number of nitrogens with zero attached hydrogens (tertiary/aromatic N) is 2. The van der Waals surface area contributed by atoms with Crippen molar-refractivity contribution in [1.29, 1.82) is 0 Å². The van der Waals surface area contributed by atoms with E-state index in [2.05, 4.69) is 15.0 Å². The lowest BCUT2D eigenvalue weighted by atomic mass is 9.88. The molecule has 36 heavy (non-hydrogen) atoms. The Morgan fingerprint density at radius 2 is 1.86 bits per heavy atom. The zero-order valence-electron chi connectivity index (χ0n) is 20.1. The molecule has 11 heteroatoms. The molecule has 0 spiro atoms. The summed E-state index contributed by atoms with van der Waals surface area (Å²) in [7, 11) is 0. The first-order valence-electron chi connectivity index (χ1n) is 11.2. The van der Waals surface area contributed by atoms with Gasteiger partial charge in [-0.1, -0.05) is 12.1 Å². The number of carboxylic acid groups (broad SMARTS) is 1. The van der Waals surface area contributed by atoms with Crippen molar-refractivity contribution in [3.05, 3.63) is 59.8 Å². The van der Waals surface area contributed by atoms with Gasteiger partial charge >= 0.3 is 18.4 Å². The van der Waals surface area contributed by atoms with E-state index in [1.165, 1.54) is 41.4 Å². The second-order valence-electron chi connectivity index (χ2n) is 9.46. The molecule has 8 nitrogen and oxygen atoms in total. The van der Waals surface area contributed by atoms with Crippen LogP contribution in [0.5, 0.6) is 5.75 Å². The highest BCUT2D eigenvalue weighted by Gasteiger charge is 2.45. The molecule has 1 fully saturated rings. The highest BCUT2D eigenvalue weighted by Crippen LogP contribution is 2.34. The molecule has 1 atom stereocenters. The number of rotatable bonds is 7. The number of aromatic nitrogens is 1. The van der Waals surface area contributed by atoms with Crippen LogP contribution in [0.3, 0.4) is 0 Å². The van der Waals surface area contributed by atoms with E-state index in [1.54, 1.807) is 32.9 Å². The Balaban J connectivity index is 1.96. The van der Waals surface area contributed by atoms with Gasteiger partial charge in [-0.2, -0.15) is 0 Å². The summed E-state index contributed by atoms with van der Waals surface area (Å²) in [6, 6.07) is 8.77. The third-order valence-electron chi connectivity index (χ3n) is 5.38. The predicted molar refractivity (Wildman–Crippen MR) is 127 cm³/mol. The van der Waals surface area contributed by atoms with E-state index in [0.717, 1.165) is 6.08 Å². The van der Waals surface area contributed by atoms with Crippen LogP contribution >= 0.6 is 0 Å². The van der Waals surface area contributed by atoms with E-state index in [-0.39, 0.29) is 5.75 Å². The average Bonchev–Trinajstić information content (AvgIpc) is 3.21. The van der Waals surface area contributed by atoms with Gasteiger partial charge in [-0.3, -0.25) is 4.90 Å². The lowest BCUT2D eigenvalue weighted by molar-refractivity contribution is -0.274. The second kappa shape index (κ2) is 10.6. The van der Waals surface area contributed by atoms with Gasteiger partial charge in [0.2, 0.25) is 0 Å². The van der Waals surface area contributed by atoms with Crippen LogP contribution in [0.1, 0.15) is 38.3 Å². The molecular formula is C25H28F3N3O5. The number of benzene rings is 1. The Morgan fingerprint density at radius 3 is 2.36 bits per heavy atom. The summed E-state index contributed by atoms with van der Waals surface area (Å²) in [6.07, 6.45) is -0.743. The molecule has 1 aromatic heterocycles. The van der Waals surface area contributed by atoms with Gasteiger partial charge in [-0.25, -0.2) is 14.6 Å². The maximum atomic E-state index is 13.5. The molecule has 0 bridgehead atoms. The number of carbonyl (C=O) groups is 2. The molecule has 1 saturated heterocycles. The topological polar surface area (TPSA) is 101 Å². The van der Waals surface area contributed by atoms with Gasteiger partial charge in [-0.15, -0.1) is 13.2 Å². The van der Waals surface area contributed by atoms with Crippen LogP contribution in [0.4, 0.5) is 23.8 Å². The van der Waals surface area contributed by atoms with Crippen molar-refractivity contribution in [2.75, 3.05) is 18.0 Å². The van der Waals surface area contributed by atoms with Gasteiger partial charge < -0.3 is 19.9 Å². The van der Waals surface area contributed by atoms with Crippen LogP contribution in [-0.4, -0.2) is 52.7 Å². The van der Waals surface area contributed by atoms with E-state index in [9.17, 15) is 22.8 Å². The number of amides is 1. The van der Waals surface area contributed by atoms with E-state index >= 15 is 0 Å². The quantitative estimate of drug-likeness (QED) is 0.520. The number of aliphatic carboxylic acids is 1. The molecule has 194 valence electrons. The molecule has 0 saturated carbocycles. The lowest BCUT2D eigenvalue weighted by Gasteiger charge is -2.40. The minimum Gasteiger partial charge on any atom is -0.478 e. The first-order valence-corrected chi connectivity index (χ1v) is 11.2. The number of nitrogens with one attached hydrogen (secondary N) is 1. The molecular weight excluding hydrogens is 479 g/mol. The third-order valence-corrected chi connectivity index (χ3v) is 5.38. The summed E-state index contributed by atoms with van der Waals surface area (Å²) in [5.41, 5.74) is -0.379. The molecule has 2 heterocycles. The summed E-state index contributed by atoms with van der Waals surface area (Å²) in [6.45, 7) is 6.24. The first kappa shape index (κ1) is 27.0. The van der Waals surface area contributed by atoms with Crippen molar-refractivity contribution in [1.82, 2.24) is 10.3 Å². The normalized spacial score (nSPS) is 18.3. The fraction of sp³-hybridized carbons (Fsp3) is 0.400. The number of hydrogen-bond donors (Lipinski definition) is 2. The smallest absolute Gasteiger partial charge is 0.478 e. The number of carboxylic acids is 1. The molecule has 0 unspecified atom stereocenters. The SMILES string of the molecule is CC(C)(C)OC(=O)N(c1ccc(/C=C/C(=O)O)cn1)[C@]1(Cc2ccc(OC(F)(F)F)cc2)CCNC1. The Morgan fingerprint density at radius 1 is 1.17 bits per heavy atom. The molecule has 2 aromatic rings. The second-order valence-corrected chi connectivity index (χ2v) is 9.46. The number of ether oxygens (including phenoxy) is 2. The first-order chi connectivity index (χ1) is 16.8. The van der Waals surface area contributed by atoms with Gasteiger partial charge in [0.25, 0.3) is 0 Å². The maximum Gasteiger partial charge on any atom is 0.573 e. The van der Waals surface area contributed by atoms with Crippen molar-refractivity contribution in [2.45, 2.75) is 51.1 Å². The van der Waals surface area contributed by atoms with E-state index in [1.807, 2.05) is 0 Å². The summed E-state index contributed by atoms with van der Waals surface area (Å²) in [4.78, 5) is 30.1. The van der Waals surface area contributed by atoms with Gasteiger partial charge in [0.1, 0.15) is 17.2 Å². The van der Waals surface area contributed by atoms with E-state index < -0.39 is 29.6 Å². The zero-order chi connectivity index (χ0) is 26.6. The maximum absolute atomic E-state index is 13.5. The zero-order valence-corrected chi connectivity index (χ0v) is 20.1. The highest BCUT2D eigenvalue weighted by molar-refractivity contribution is 5.89. The molecule has 1 amide bonds. The fourth-order valence-corrected chi connectivity index (χ4v) is 3.97. The largest absolute Gasteiger partial charge is 0.573 e. The monoisotopic (exact) mass is 507 g/mol. The summed E-state index contributed by atoms with van der Waals surface area (Å²) < 4.78 is 47.3. The van der Waals surface area contributed by atoms with Crippen LogP contribution in [-0.2, 0) is 16.0 Å². The van der Waals surface area contributed by atoms with E-state index in [4.69, 9.17) is 9.84 Å². The molecule has 0 aliphatic carbocycles. The predicted octanol–water partition coefficient (Wildman–Crippen LogP) is 4.79. The minimum absolute atomic E-state index is 0.303. The lowest BCUT2D eigenvalue weighted by Crippen LogP contribution is -2.56. The summed E-state index contributed by atoms with van der Waals surface area (Å²) >= 11 is 0. The van der Waals surface area contributed by atoms with Gasteiger partial charge in [0.15, 0.2) is 0 Å². The third kappa shape index (κ3) is 7.45. The van der Waals surface area contributed by atoms with Gasteiger partial charge in [-0.05, 0) is 81.6 Å². The Hall–Kier alpha value is -3.60. The highest BCUT2D eigenvalue weighted by atomic mass is 19.4. The molecule has 2 N–H and O–H groups in total. The van der Waals surface area contributed by atoms with Crippen LogP contribution in [0, 0.1) is 0 Å². The summed E-state index contributed by atoms with van der Waals surface area (Å²) in [5, 5.41) is 12.1.